The van der Waals surface area contributed by atoms with E-state index in [9.17, 15) is 32.9 Å². The predicted molar refractivity (Wildman–Crippen MR) is 294 cm³/mol. The third-order valence-corrected chi connectivity index (χ3v) is 13.8. The van der Waals surface area contributed by atoms with Crippen LogP contribution in [0.5, 0.6) is 11.5 Å². The van der Waals surface area contributed by atoms with Gasteiger partial charge < -0.3 is 59.1 Å². The second kappa shape index (κ2) is 39.8. The molecule has 0 aliphatic carbocycles. The van der Waals surface area contributed by atoms with E-state index in [1.807, 2.05) is 30.3 Å². The molecule has 0 aliphatic heterocycles. The lowest BCUT2D eigenvalue weighted by Crippen LogP contribution is -2.36. The lowest BCUT2D eigenvalue weighted by atomic mass is 10.1. The number of nitrogens with one attached hydrogen (secondary N) is 2. The molecule has 0 atom stereocenters. The van der Waals surface area contributed by atoms with Gasteiger partial charge in [-0.1, -0.05) is 37.5 Å². The highest BCUT2D eigenvalue weighted by atomic mass is 32.2. The number of aromatic nitrogens is 1. The molecule has 0 aliphatic rings. The number of carbonyl (C=O) groups is 4. The topological polar surface area (TPSA) is 316 Å². The van der Waals surface area contributed by atoms with Crippen molar-refractivity contribution >= 4 is 62.4 Å². The fourth-order valence-corrected chi connectivity index (χ4v) is 9.09. The molecule has 1 heterocycles. The van der Waals surface area contributed by atoms with E-state index in [4.69, 9.17) is 53.5 Å². The number of anilines is 3. The Hall–Kier alpha value is -6.49. The number of hydrogen-bond donors (Lipinski definition) is 5. The fourth-order valence-electron chi connectivity index (χ4n) is 7.63. The van der Waals surface area contributed by atoms with Gasteiger partial charge in [-0.2, -0.15) is 5.26 Å². The first kappa shape index (κ1) is 66.8. The number of hydrogen-bond acceptors (Lipinski definition) is 23. The second-order valence-electron chi connectivity index (χ2n) is 18.1. The highest BCUT2D eigenvalue weighted by molar-refractivity contribution is 7.91. The summed E-state index contributed by atoms with van der Waals surface area (Å²) in [5.41, 5.74) is 1.55. The van der Waals surface area contributed by atoms with Gasteiger partial charge in [0.2, 0.25) is 0 Å². The Kier molecular flexibility index (Phi) is 33.7. The van der Waals surface area contributed by atoms with Crippen LogP contribution in [0.15, 0.2) is 57.6 Å². The van der Waals surface area contributed by atoms with E-state index in [0.29, 0.717) is 94.9 Å². The highest BCUT2D eigenvalue weighted by Gasteiger charge is 2.25. The van der Waals surface area contributed by atoms with Crippen LogP contribution in [0.1, 0.15) is 114 Å². The molecule has 23 nitrogen and oxygen atoms in total. The summed E-state index contributed by atoms with van der Waals surface area (Å²) >= 11 is 0. The monoisotopic (exact) mass is 1130 g/mol. The van der Waals surface area contributed by atoms with Crippen LogP contribution in [0, 0.1) is 18.3 Å². The van der Waals surface area contributed by atoms with Crippen LogP contribution in [0.3, 0.4) is 0 Å². The Morgan fingerprint density at radius 3 is 1.70 bits per heavy atom. The summed E-state index contributed by atoms with van der Waals surface area (Å²) < 4.78 is 66.4. The van der Waals surface area contributed by atoms with Gasteiger partial charge in [-0.25, -0.2) is 13.4 Å². The van der Waals surface area contributed by atoms with Gasteiger partial charge in [0.25, 0.3) is 0 Å². The van der Waals surface area contributed by atoms with E-state index in [0.717, 1.165) is 6.42 Å². The van der Waals surface area contributed by atoms with Crippen LogP contribution in [0.25, 0.3) is 0 Å². The summed E-state index contributed by atoms with van der Waals surface area (Å²) in [5.74, 6) is -1.38. The van der Waals surface area contributed by atoms with Gasteiger partial charge in [0.15, 0.2) is 15.7 Å². The maximum atomic E-state index is 14.1. The Morgan fingerprint density at radius 2 is 1.16 bits per heavy atom. The fraction of sp³-hybridized carbons (Fsp3) is 0.600. The van der Waals surface area contributed by atoms with Gasteiger partial charge in [0.1, 0.15) is 59.5 Å². The van der Waals surface area contributed by atoms with Crippen LogP contribution < -0.4 is 20.1 Å². The third-order valence-electron chi connectivity index (χ3n) is 12.1. The van der Waals surface area contributed by atoms with E-state index in [1.54, 1.807) is 11.8 Å². The Morgan fingerprint density at radius 1 is 0.633 bits per heavy atom. The maximum absolute atomic E-state index is 14.1. The number of nitrogens with zero attached hydrogens (tertiary/aromatic N) is 5. The van der Waals surface area contributed by atoms with E-state index < -0.39 is 27.5 Å². The number of nitriles is 1. The van der Waals surface area contributed by atoms with Gasteiger partial charge in [0.05, 0.1) is 45.4 Å². The minimum atomic E-state index is -4.10. The van der Waals surface area contributed by atoms with Crippen molar-refractivity contribution < 1.29 is 76.1 Å². The minimum Gasteiger partial charge on any atom is -0.495 e. The molecule has 2 aromatic carbocycles. The summed E-state index contributed by atoms with van der Waals surface area (Å²) in [6, 6.07) is 14.0. The number of pyridine rings is 1. The molecule has 0 bridgehead atoms. The zero-order valence-corrected chi connectivity index (χ0v) is 46.9. The number of esters is 4. The molecule has 0 spiro atoms. The number of sulfone groups is 1. The maximum Gasteiger partial charge on any atom is 0.305 e. The molecule has 0 saturated carbocycles. The predicted octanol–water partition coefficient (Wildman–Crippen LogP) is 7.33. The van der Waals surface area contributed by atoms with Crippen molar-refractivity contribution in [1.82, 2.24) is 9.88 Å². The lowest BCUT2D eigenvalue weighted by Gasteiger charge is -2.22. The summed E-state index contributed by atoms with van der Waals surface area (Å²) in [5, 5.41) is 52.6. The number of azo groups is 1. The number of carbonyl (C=O) groups excluding carboxylic acids is 4. The lowest BCUT2D eigenvalue weighted by molar-refractivity contribution is -0.146. The summed E-state index contributed by atoms with van der Waals surface area (Å²) in [7, 11) is -1.45. The number of methoxy groups -OCH3 is 2. The van der Waals surface area contributed by atoms with E-state index in [-0.39, 0.29) is 155 Å². The van der Waals surface area contributed by atoms with E-state index >= 15 is 0 Å². The zero-order valence-electron chi connectivity index (χ0n) is 46.0. The summed E-state index contributed by atoms with van der Waals surface area (Å²) in [6.45, 7) is 3.00. The molecular formula is C55H81N7O16S. The zero-order chi connectivity index (χ0) is 57.5. The molecule has 0 amide bonds. The number of aliphatic hydroxyl groups excluding tert-OH is 3. The van der Waals surface area contributed by atoms with Crippen molar-refractivity contribution in [1.29, 1.82) is 5.26 Å². The Bertz CT molecular complexity index is 2450. The standard InChI is InChI=1S/C55H81N7O16S/c1-42-44(41-56)54(57-25-33-74-36-37-78-52(69)24-14-8-18-32-75-49(66)21-11-5-15-29-63)59-55(58-43-19-9-4-10-20-43)53(42)61-60-45-39-47(73-3)48(40-46(45)72-2)79(70,71)38-28-62(26-34-76-50(67)22-12-6-16-30-64)27-35-77-51(68)23-13-7-17-31-65/h4,9-10,19-20,39-40,63-65H,5-8,11-18,21-38H2,1-3H3,(H2,57,58,59)/b61-60+. The van der Waals surface area contributed by atoms with Gasteiger partial charge >= 0.3 is 23.9 Å². The first-order chi connectivity index (χ1) is 38.3. The SMILES string of the molecule is COc1cc(S(=O)(=O)CCN(CCOC(=O)CCCCCO)CCOC(=O)CCCCCO)c(OC)cc1/N=N/c1c(Nc2ccccc2)nc(NCCOCCOC(=O)CCCCCOC(=O)CCCCCO)c(C#N)c1C. The number of unbranched alkanes of at least 4 members (excludes halogenated alkanes) is 8. The molecule has 0 radical (unpaired) electrons. The molecule has 3 rings (SSSR count). The number of benzene rings is 2. The number of para-hydroxylation sites is 1. The number of aliphatic hydroxyl groups is 3. The average molecular weight is 1130 g/mol. The third kappa shape index (κ3) is 26.8. The van der Waals surface area contributed by atoms with E-state index in [2.05, 4.69) is 26.9 Å². The van der Waals surface area contributed by atoms with Crippen molar-refractivity contribution in [2.45, 2.75) is 115 Å². The molecule has 438 valence electrons. The molecule has 79 heavy (non-hydrogen) atoms. The van der Waals surface area contributed by atoms with Gasteiger partial charge in [-0.15, -0.1) is 10.2 Å². The number of rotatable bonds is 44. The van der Waals surface area contributed by atoms with Crippen molar-refractivity contribution in [3.63, 3.8) is 0 Å². The number of ether oxygens (including phenoxy) is 7. The van der Waals surface area contributed by atoms with Crippen molar-refractivity contribution in [2.75, 3.05) is 116 Å². The van der Waals surface area contributed by atoms with Crippen molar-refractivity contribution in [3.05, 3.63) is 53.6 Å². The van der Waals surface area contributed by atoms with Crippen molar-refractivity contribution in [3.8, 4) is 17.6 Å². The van der Waals surface area contributed by atoms with Crippen LogP contribution in [-0.4, -0.2) is 163 Å². The average Bonchev–Trinajstić information content (AvgIpc) is 3.51. The summed E-state index contributed by atoms with van der Waals surface area (Å²) in [6.07, 6.45) is 8.59. The molecule has 5 N–H and O–H groups in total. The highest BCUT2D eigenvalue weighted by Crippen LogP contribution is 2.41. The molecule has 1 aromatic heterocycles. The first-order valence-corrected chi connectivity index (χ1v) is 28.6. The Balaban J connectivity index is 1.70. The Labute approximate surface area is 464 Å². The van der Waals surface area contributed by atoms with Crippen LogP contribution in [0.2, 0.25) is 0 Å². The summed E-state index contributed by atoms with van der Waals surface area (Å²) in [4.78, 5) is 54.9. The van der Waals surface area contributed by atoms with Gasteiger partial charge in [-0.05, 0) is 76.8 Å². The van der Waals surface area contributed by atoms with Crippen LogP contribution in [-0.2, 0) is 52.7 Å². The van der Waals surface area contributed by atoms with Crippen LogP contribution in [0.4, 0.5) is 28.7 Å². The molecule has 24 heteroatoms. The molecule has 0 fully saturated rings. The second-order valence-corrected chi connectivity index (χ2v) is 20.2. The smallest absolute Gasteiger partial charge is 0.305 e. The van der Waals surface area contributed by atoms with Gasteiger partial charge in [0, 0.05) is 95.1 Å². The molecule has 0 saturated heterocycles. The quantitative estimate of drug-likeness (QED) is 0.0160. The van der Waals surface area contributed by atoms with Gasteiger partial charge in [-0.3, -0.25) is 24.1 Å². The van der Waals surface area contributed by atoms with Crippen molar-refractivity contribution in [2.24, 2.45) is 10.2 Å². The normalized spacial score (nSPS) is 11.3. The molecule has 0 unspecified atom stereocenters. The first-order valence-electron chi connectivity index (χ1n) is 27.0. The molecular weight excluding hydrogens is 1050 g/mol. The minimum absolute atomic E-state index is 0.0302. The largest absolute Gasteiger partial charge is 0.495 e. The van der Waals surface area contributed by atoms with Crippen LogP contribution >= 0.6 is 0 Å². The van der Waals surface area contributed by atoms with E-state index in [1.165, 1.54) is 26.4 Å². The molecule has 3 aromatic rings.